The number of hydrogen-bond acceptors (Lipinski definition) is 3. The van der Waals surface area contributed by atoms with Gasteiger partial charge < -0.3 is 10.6 Å². The third-order valence-corrected chi connectivity index (χ3v) is 3.24. The van der Waals surface area contributed by atoms with Gasteiger partial charge in [0.15, 0.2) is 0 Å². The Bertz CT molecular complexity index is 599. The van der Waals surface area contributed by atoms with Gasteiger partial charge in [0.2, 0.25) is 0 Å². The third-order valence-electron chi connectivity index (χ3n) is 2.99. The van der Waals surface area contributed by atoms with Crippen LogP contribution in [0.25, 0.3) is 0 Å². The van der Waals surface area contributed by atoms with Crippen molar-refractivity contribution >= 4 is 23.3 Å². The minimum atomic E-state index is -0.0921. The fourth-order valence-electron chi connectivity index (χ4n) is 1.92. The highest BCUT2D eigenvalue weighted by Gasteiger charge is 2.06. The zero-order valence-corrected chi connectivity index (χ0v) is 12.7. The summed E-state index contributed by atoms with van der Waals surface area (Å²) in [6, 6.07) is 11.1. The average molecular weight is 304 g/mol. The molecular formula is C16H18ClN3O. The Labute approximate surface area is 129 Å². The van der Waals surface area contributed by atoms with E-state index in [9.17, 15) is 4.79 Å². The van der Waals surface area contributed by atoms with Crippen molar-refractivity contribution < 1.29 is 4.79 Å². The monoisotopic (exact) mass is 303 g/mol. The van der Waals surface area contributed by atoms with E-state index in [2.05, 4.69) is 15.6 Å². The lowest BCUT2D eigenvalue weighted by molar-refractivity contribution is 0.0954. The number of nitrogens with zero attached hydrogens (tertiary/aromatic N) is 1. The SMILES string of the molecule is CCNc1cc(C(=O)NCCc2ccc(Cl)cc2)ccn1. The number of rotatable bonds is 6. The van der Waals surface area contributed by atoms with E-state index >= 15 is 0 Å². The van der Waals surface area contributed by atoms with Crippen molar-refractivity contribution in [2.75, 3.05) is 18.4 Å². The second-order valence-corrected chi connectivity index (χ2v) is 5.03. The Balaban J connectivity index is 1.86. The number of benzene rings is 1. The van der Waals surface area contributed by atoms with E-state index in [4.69, 9.17) is 11.6 Å². The van der Waals surface area contributed by atoms with E-state index in [1.807, 2.05) is 31.2 Å². The number of carbonyl (C=O) groups excluding carboxylic acids is 1. The highest BCUT2D eigenvalue weighted by Crippen LogP contribution is 2.10. The summed E-state index contributed by atoms with van der Waals surface area (Å²) in [7, 11) is 0. The van der Waals surface area contributed by atoms with Crippen LogP contribution in [0.15, 0.2) is 42.6 Å². The fraction of sp³-hybridized carbons (Fsp3) is 0.250. The van der Waals surface area contributed by atoms with Gasteiger partial charge >= 0.3 is 0 Å². The number of aromatic nitrogens is 1. The number of carbonyl (C=O) groups is 1. The van der Waals surface area contributed by atoms with Crippen LogP contribution in [-0.2, 0) is 6.42 Å². The van der Waals surface area contributed by atoms with Gasteiger partial charge in [-0.3, -0.25) is 4.79 Å². The van der Waals surface area contributed by atoms with Gasteiger partial charge in [-0.15, -0.1) is 0 Å². The standard InChI is InChI=1S/C16H18ClN3O/c1-2-18-15-11-13(8-10-19-15)16(21)20-9-7-12-3-5-14(17)6-4-12/h3-6,8,10-11H,2,7,9H2,1H3,(H,18,19)(H,20,21). The molecule has 0 atom stereocenters. The van der Waals surface area contributed by atoms with Crippen LogP contribution < -0.4 is 10.6 Å². The van der Waals surface area contributed by atoms with Gasteiger partial charge in [0.1, 0.15) is 5.82 Å². The van der Waals surface area contributed by atoms with Gasteiger partial charge in [0.05, 0.1) is 0 Å². The summed E-state index contributed by atoms with van der Waals surface area (Å²) in [5.41, 5.74) is 1.75. The highest BCUT2D eigenvalue weighted by atomic mass is 35.5. The van der Waals surface area contributed by atoms with Crippen molar-refractivity contribution in [2.45, 2.75) is 13.3 Å². The predicted molar refractivity (Wildman–Crippen MR) is 85.9 cm³/mol. The van der Waals surface area contributed by atoms with E-state index < -0.39 is 0 Å². The average Bonchev–Trinajstić information content (AvgIpc) is 2.50. The Hall–Kier alpha value is -2.07. The number of anilines is 1. The Morgan fingerprint density at radius 2 is 2.00 bits per heavy atom. The first-order chi connectivity index (χ1) is 10.2. The molecule has 0 bridgehead atoms. The normalized spacial score (nSPS) is 10.2. The van der Waals surface area contributed by atoms with Crippen LogP contribution in [0, 0.1) is 0 Å². The van der Waals surface area contributed by atoms with Gasteiger partial charge in [-0.25, -0.2) is 4.98 Å². The molecule has 0 saturated heterocycles. The van der Waals surface area contributed by atoms with Crippen molar-refractivity contribution in [2.24, 2.45) is 0 Å². The molecule has 2 aromatic rings. The molecule has 0 aliphatic rings. The summed E-state index contributed by atoms with van der Waals surface area (Å²) in [6.45, 7) is 3.34. The molecule has 0 fully saturated rings. The van der Waals surface area contributed by atoms with Crippen LogP contribution in [0.3, 0.4) is 0 Å². The molecule has 0 spiro atoms. The van der Waals surface area contributed by atoms with Crippen LogP contribution in [0.4, 0.5) is 5.82 Å². The Kier molecular flexibility index (Phi) is 5.58. The summed E-state index contributed by atoms with van der Waals surface area (Å²) >= 11 is 5.84. The van der Waals surface area contributed by atoms with E-state index in [-0.39, 0.29) is 5.91 Å². The molecule has 21 heavy (non-hydrogen) atoms. The molecule has 110 valence electrons. The number of halogens is 1. The van der Waals surface area contributed by atoms with E-state index in [1.165, 1.54) is 0 Å². The molecule has 1 aromatic heterocycles. The van der Waals surface area contributed by atoms with Crippen LogP contribution in [0.2, 0.25) is 5.02 Å². The maximum Gasteiger partial charge on any atom is 0.251 e. The number of pyridine rings is 1. The maximum absolute atomic E-state index is 12.1. The lowest BCUT2D eigenvalue weighted by Gasteiger charge is -2.07. The van der Waals surface area contributed by atoms with E-state index in [1.54, 1.807) is 18.3 Å². The molecule has 4 nitrogen and oxygen atoms in total. The van der Waals surface area contributed by atoms with Crippen molar-refractivity contribution in [1.29, 1.82) is 0 Å². The number of amides is 1. The third kappa shape index (κ3) is 4.76. The lowest BCUT2D eigenvalue weighted by atomic mass is 10.1. The first kappa shape index (κ1) is 15.3. The van der Waals surface area contributed by atoms with Crippen molar-refractivity contribution in [3.05, 3.63) is 58.7 Å². The fourth-order valence-corrected chi connectivity index (χ4v) is 2.05. The number of nitrogens with one attached hydrogen (secondary N) is 2. The van der Waals surface area contributed by atoms with Crippen molar-refractivity contribution in [1.82, 2.24) is 10.3 Å². The highest BCUT2D eigenvalue weighted by molar-refractivity contribution is 6.30. The molecule has 2 N–H and O–H groups in total. The summed E-state index contributed by atoms with van der Waals surface area (Å²) in [5, 5.41) is 6.71. The first-order valence-corrected chi connectivity index (χ1v) is 7.29. The van der Waals surface area contributed by atoms with Gasteiger partial charge in [-0.05, 0) is 43.2 Å². The second-order valence-electron chi connectivity index (χ2n) is 4.59. The van der Waals surface area contributed by atoms with Gasteiger partial charge in [0, 0.05) is 29.9 Å². The minimum Gasteiger partial charge on any atom is -0.370 e. The smallest absolute Gasteiger partial charge is 0.251 e. The minimum absolute atomic E-state index is 0.0921. The van der Waals surface area contributed by atoms with Crippen molar-refractivity contribution in [3.63, 3.8) is 0 Å². The molecule has 0 unspecified atom stereocenters. The second kappa shape index (κ2) is 7.64. The quantitative estimate of drug-likeness (QED) is 0.862. The molecule has 1 amide bonds. The van der Waals surface area contributed by atoms with Crippen LogP contribution >= 0.6 is 11.6 Å². The zero-order chi connectivity index (χ0) is 15.1. The number of hydrogen-bond donors (Lipinski definition) is 2. The summed E-state index contributed by atoms with van der Waals surface area (Å²) in [6.07, 6.45) is 2.40. The molecule has 5 heteroatoms. The summed E-state index contributed by atoms with van der Waals surface area (Å²) in [4.78, 5) is 16.2. The molecular weight excluding hydrogens is 286 g/mol. The topological polar surface area (TPSA) is 54.0 Å². The molecule has 0 aliphatic carbocycles. The molecule has 2 rings (SSSR count). The zero-order valence-electron chi connectivity index (χ0n) is 11.9. The molecule has 1 heterocycles. The summed E-state index contributed by atoms with van der Waals surface area (Å²) < 4.78 is 0. The van der Waals surface area contributed by atoms with Gasteiger partial charge in [-0.1, -0.05) is 23.7 Å². The predicted octanol–water partition coefficient (Wildman–Crippen LogP) is 3.14. The van der Waals surface area contributed by atoms with Gasteiger partial charge in [-0.2, -0.15) is 0 Å². The Morgan fingerprint density at radius 3 is 2.71 bits per heavy atom. The first-order valence-electron chi connectivity index (χ1n) is 6.91. The summed E-state index contributed by atoms with van der Waals surface area (Å²) in [5.74, 6) is 0.619. The Morgan fingerprint density at radius 1 is 1.24 bits per heavy atom. The van der Waals surface area contributed by atoms with E-state index in [0.29, 0.717) is 17.9 Å². The maximum atomic E-state index is 12.1. The van der Waals surface area contributed by atoms with Crippen LogP contribution in [0.1, 0.15) is 22.8 Å². The molecule has 0 aliphatic heterocycles. The van der Waals surface area contributed by atoms with Crippen LogP contribution in [0.5, 0.6) is 0 Å². The van der Waals surface area contributed by atoms with Gasteiger partial charge in [0.25, 0.3) is 5.91 Å². The van der Waals surface area contributed by atoms with E-state index in [0.717, 1.165) is 23.6 Å². The molecule has 1 aromatic carbocycles. The van der Waals surface area contributed by atoms with Crippen LogP contribution in [-0.4, -0.2) is 24.0 Å². The van der Waals surface area contributed by atoms with Crippen molar-refractivity contribution in [3.8, 4) is 0 Å². The lowest BCUT2D eigenvalue weighted by Crippen LogP contribution is -2.25. The largest absolute Gasteiger partial charge is 0.370 e. The molecule has 0 radical (unpaired) electrons. The molecule has 0 saturated carbocycles.